The first-order valence-electron chi connectivity index (χ1n) is 6.73. The highest BCUT2D eigenvalue weighted by molar-refractivity contribution is 6.41. The number of pyridine rings is 1. The number of rotatable bonds is 4. The average Bonchev–Trinajstić information content (AvgIpc) is 2.79. The second-order valence-corrected chi connectivity index (χ2v) is 5.76. The predicted molar refractivity (Wildman–Crippen MR) is 91.2 cm³/mol. The highest BCUT2D eigenvalue weighted by Crippen LogP contribution is 2.31. The Balaban J connectivity index is 1.96. The van der Waals surface area contributed by atoms with Crippen LogP contribution in [0.4, 0.5) is 11.4 Å². The van der Waals surface area contributed by atoms with Crippen LogP contribution in [0.1, 0.15) is 5.69 Å². The molecule has 6 nitrogen and oxygen atoms in total. The van der Waals surface area contributed by atoms with E-state index >= 15 is 0 Å². The van der Waals surface area contributed by atoms with E-state index in [0.717, 1.165) is 16.8 Å². The van der Waals surface area contributed by atoms with Crippen molar-refractivity contribution in [1.29, 1.82) is 0 Å². The van der Waals surface area contributed by atoms with Crippen LogP contribution in [0.25, 0.3) is 10.8 Å². The predicted octanol–water partition coefficient (Wildman–Crippen LogP) is 4.40. The fraction of sp³-hybridized carbons (Fsp3) is 0.133. The molecule has 0 spiro atoms. The van der Waals surface area contributed by atoms with Crippen molar-refractivity contribution in [3.05, 3.63) is 62.6 Å². The molecule has 0 saturated carbocycles. The molecule has 0 unspecified atom stereocenters. The number of fused-ring (bicyclic) bond motifs is 1. The minimum atomic E-state index is -0.412. The van der Waals surface area contributed by atoms with Gasteiger partial charge in [-0.15, -0.1) is 0 Å². The molecule has 118 valence electrons. The molecule has 2 heterocycles. The number of nitro benzene ring substituents is 1. The fourth-order valence-corrected chi connectivity index (χ4v) is 2.85. The maximum Gasteiger partial charge on any atom is 0.278 e. The Morgan fingerprint density at radius 2 is 2.09 bits per heavy atom. The van der Waals surface area contributed by atoms with Gasteiger partial charge in [-0.25, -0.2) is 0 Å². The summed E-state index contributed by atoms with van der Waals surface area (Å²) in [5.41, 5.74) is 1.71. The molecular formula is C15H12Cl2N4O2. The van der Waals surface area contributed by atoms with Crippen molar-refractivity contribution in [3.8, 4) is 0 Å². The molecule has 8 heteroatoms. The molecule has 0 atom stereocenters. The second kappa shape index (κ2) is 6.06. The quantitative estimate of drug-likeness (QED) is 0.559. The minimum absolute atomic E-state index is 0.0311. The monoisotopic (exact) mass is 350 g/mol. The molecule has 0 amide bonds. The Morgan fingerprint density at radius 3 is 2.74 bits per heavy atom. The maximum absolute atomic E-state index is 11.1. The lowest BCUT2D eigenvalue weighted by atomic mass is 10.1. The van der Waals surface area contributed by atoms with Crippen molar-refractivity contribution in [3.63, 3.8) is 0 Å². The van der Waals surface area contributed by atoms with Crippen molar-refractivity contribution in [2.24, 2.45) is 7.05 Å². The number of nitrogens with one attached hydrogen (secondary N) is 1. The summed E-state index contributed by atoms with van der Waals surface area (Å²) in [5.74, 6) is 0. The molecule has 3 rings (SSSR count). The van der Waals surface area contributed by atoms with Crippen molar-refractivity contribution in [1.82, 2.24) is 9.55 Å². The molecule has 0 bridgehead atoms. The Kier molecular flexibility index (Phi) is 4.11. The van der Waals surface area contributed by atoms with Crippen molar-refractivity contribution in [2.45, 2.75) is 6.54 Å². The highest BCUT2D eigenvalue weighted by Gasteiger charge is 2.15. The van der Waals surface area contributed by atoms with E-state index in [0.29, 0.717) is 22.1 Å². The summed E-state index contributed by atoms with van der Waals surface area (Å²) in [6, 6.07) is 6.69. The van der Waals surface area contributed by atoms with E-state index < -0.39 is 4.92 Å². The first-order valence-corrected chi connectivity index (χ1v) is 7.49. The molecule has 0 saturated heterocycles. The normalized spacial score (nSPS) is 10.9. The van der Waals surface area contributed by atoms with Gasteiger partial charge < -0.3 is 9.88 Å². The molecule has 0 radical (unpaired) electrons. The van der Waals surface area contributed by atoms with Gasteiger partial charge in [0, 0.05) is 42.3 Å². The van der Waals surface area contributed by atoms with Gasteiger partial charge in [0.25, 0.3) is 5.69 Å². The Bertz CT molecular complexity index is 908. The molecule has 0 aliphatic heterocycles. The number of aromatic nitrogens is 2. The van der Waals surface area contributed by atoms with Crippen LogP contribution in [0.5, 0.6) is 0 Å². The van der Waals surface area contributed by atoms with Crippen molar-refractivity contribution >= 4 is 45.3 Å². The number of hydrogen-bond donors (Lipinski definition) is 1. The summed E-state index contributed by atoms with van der Waals surface area (Å²) >= 11 is 12.1. The van der Waals surface area contributed by atoms with Crippen LogP contribution in [-0.2, 0) is 13.6 Å². The van der Waals surface area contributed by atoms with Crippen molar-refractivity contribution < 1.29 is 4.92 Å². The van der Waals surface area contributed by atoms with Crippen LogP contribution in [0.2, 0.25) is 10.2 Å². The zero-order valence-corrected chi connectivity index (χ0v) is 13.6. The van der Waals surface area contributed by atoms with E-state index in [1.807, 2.05) is 7.05 Å². The molecule has 1 aromatic carbocycles. The molecule has 2 aromatic heterocycles. The average molecular weight is 351 g/mol. The van der Waals surface area contributed by atoms with Gasteiger partial charge >= 0.3 is 0 Å². The topological polar surface area (TPSA) is 73.0 Å². The standard InChI is InChI=1S/C15H12Cl2N4O2/c1-20-9(6-12(16)15(20)17)7-19-13-2-3-14(21(22)23)11-8-18-5-4-10(11)13/h2-6,8,19H,7H2,1H3. The SMILES string of the molecule is Cn1c(CNc2ccc([N+](=O)[O-])c3cnccc23)cc(Cl)c1Cl. The van der Waals surface area contributed by atoms with Crippen LogP contribution in [-0.4, -0.2) is 14.5 Å². The molecule has 3 aromatic rings. The van der Waals surface area contributed by atoms with Crippen molar-refractivity contribution in [2.75, 3.05) is 5.32 Å². The fourth-order valence-electron chi connectivity index (χ4n) is 2.43. The smallest absolute Gasteiger partial charge is 0.278 e. The second-order valence-electron chi connectivity index (χ2n) is 5.00. The van der Waals surface area contributed by atoms with E-state index in [2.05, 4.69) is 10.3 Å². The van der Waals surface area contributed by atoms with E-state index in [1.165, 1.54) is 12.3 Å². The molecule has 0 fully saturated rings. The van der Waals surface area contributed by atoms with E-state index in [9.17, 15) is 10.1 Å². The maximum atomic E-state index is 11.1. The molecule has 23 heavy (non-hydrogen) atoms. The van der Waals surface area contributed by atoms with Crippen LogP contribution in [0.3, 0.4) is 0 Å². The van der Waals surface area contributed by atoms with E-state index in [4.69, 9.17) is 23.2 Å². The number of nitrogens with zero attached hydrogens (tertiary/aromatic N) is 3. The summed E-state index contributed by atoms with van der Waals surface area (Å²) < 4.78 is 1.78. The van der Waals surface area contributed by atoms with Gasteiger partial charge in [-0.3, -0.25) is 15.1 Å². The van der Waals surface area contributed by atoms with Crippen LogP contribution in [0.15, 0.2) is 36.7 Å². The number of hydrogen-bond acceptors (Lipinski definition) is 4. The number of anilines is 1. The van der Waals surface area contributed by atoms with Crippen LogP contribution >= 0.6 is 23.2 Å². The highest BCUT2D eigenvalue weighted by atomic mass is 35.5. The van der Waals surface area contributed by atoms with Gasteiger partial charge in [-0.2, -0.15) is 0 Å². The number of nitro groups is 1. The minimum Gasteiger partial charge on any atom is -0.379 e. The third-order valence-corrected chi connectivity index (χ3v) is 4.51. The van der Waals surface area contributed by atoms with Gasteiger partial charge in [0.05, 0.1) is 21.9 Å². The first-order chi connectivity index (χ1) is 11.0. The molecular weight excluding hydrogens is 339 g/mol. The number of halogens is 2. The van der Waals surface area contributed by atoms with Gasteiger partial charge in [-0.05, 0) is 18.2 Å². The summed E-state index contributed by atoms with van der Waals surface area (Å²) in [6.07, 6.45) is 3.10. The third-order valence-electron chi connectivity index (χ3n) is 3.67. The lowest BCUT2D eigenvalue weighted by Crippen LogP contribution is -2.05. The summed E-state index contributed by atoms with van der Waals surface area (Å²) in [4.78, 5) is 14.7. The largest absolute Gasteiger partial charge is 0.379 e. The van der Waals surface area contributed by atoms with Crippen LogP contribution < -0.4 is 5.32 Å². The first kappa shape index (κ1) is 15.6. The zero-order valence-electron chi connectivity index (χ0n) is 12.1. The van der Waals surface area contributed by atoms with Gasteiger partial charge in [0.2, 0.25) is 0 Å². The number of non-ortho nitro benzene ring substituents is 1. The summed E-state index contributed by atoms with van der Waals surface area (Å²) in [6.45, 7) is 0.484. The summed E-state index contributed by atoms with van der Waals surface area (Å²) in [7, 11) is 1.82. The lowest BCUT2D eigenvalue weighted by molar-refractivity contribution is -0.383. The Hall–Kier alpha value is -2.31. The van der Waals surface area contributed by atoms with Crippen LogP contribution in [0, 0.1) is 10.1 Å². The van der Waals surface area contributed by atoms with E-state index in [1.54, 1.807) is 29.0 Å². The van der Waals surface area contributed by atoms with Gasteiger partial charge in [-0.1, -0.05) is 23.2 Å². The molecule has 0 aliphatic carbocycles. The zero-order chi connectivity index (χ0) is 16.6. The molecule has 1 N–H and O–H groups in total. The van der Waals surface area contributed by atoms with E-state index in [-0.39, 0.29) is 5.69 Å². The summed E-state index contributed by atoms with van der Waals surface area (Å²) in [5, 5.41) is 16.6. The third kappa shape index (κ3) is 2.83. The number of benzene rings is 1. The Labute approximate surface area is 141 Å². The lowest BCUT2D eigenvalue weighted by Gasteiger charge is -2.11. The van der Waals surface area contributed by atoms with Gasteiger partial charge in [0.15, 0.2) is 0 Å². The molecule has 0 aliphatic rings. The Morgan fingerprint density at radius 1 is 1.30 bits per heavy atom. The van der Waals surface area contributed by atoms with Gasteiger partial charge in [0.1, 0.15) is 5.15 Å².